The summed E-state index contributed by atoms with van der Waals surface area (Å²) in [7, 11) is 1.41. The maximum Gasteiger partial charge on any atom is 0.409 e. The molecule has 1 amide bonds. The third kappa shape index (κ3) is 3.31. The van der Waals surface area contributed by atoms with Crippen LogP contribution in [0.5, 0.6) is 0 Å². The molecule has 98 valence electrons. The van der Waals surface area contributed by atoms with E-state index in [0.29, 0.717) is 13.1 Å². The van der Waals surface area contributed by atoms with Gasteiger partial charge in [0.2, 0.25) is 0 Å². The van der Waals surface area contributed by atoms with Crippen molar-refractivity contribution in [3.05, 3.63) is 0 Å². The highest BCUT2D eigenvalue weighted by Crippen LogP contribution is 2.10. The lowest BCUT2D eigenvalue weighted by atomic mass is 10.2. The van der Waals surface area contributed by atoms with E-state index in [4.69, 9.17) is 4.74 Å². The van der Waals surface area contributed by atoms with Crippen molar-refractivity contribution in [1.82, 2.24) is 15.1 Å². The van der Waals surface area contributed by atoms with Crippen molar-refractivity contribution in [3.8, 4) is 0 Å². The standard InChI is InChI=1S/C11H21N3O3/c1-17-11(16)14-5-3-12-9(7-14)6-13-4-2-10(15)8-13/h9-10,12,15H,2-8H2,1H3/t9?,10-/m0/s1. The molecule has 0 bridgehead atoms. The van der Waals surface area contributed by atoms with E-state index in [2.05, 4.69) is 10.2 Å². The van der Waals surface area contributed by atoms with Gasteiger partial charge in [0.05, 0.1) is 13.2 Å². The first-order chi connectivity index (χ1) is 8.19. The van der Waals surface area contributed by atoms with Gasteiger partial charge in [-0.25, -0.2) is 4.79 Å². The van der Waals surface area contributed by atoms with Crippen molar-refractivity contribution in [1.29, 1.82) is 0 Å². The van der Waals surface area contributed by atoms with Gasteiger partial charge in [0.25, 0.3) is 0 Å². The Morgan fingerprint density at radius 3 is 2.94 bits per heavy atom. The van der Waals surface area contributed by atoms with Gasteiger partial charge in [0.1, 0.15) is 0 Å². The Labute approximate surface area is 102 Å². The van der Waals surface area contributed by atoms with Crippen LogP contribution in [0.4, 0.5) is 4.79 Å². The quantitative estimate of drug-likeness (QED) is 0.657. The summed E-state index contributed by atoms with van der Waals surface area (Å²) in [6.45, 7) is 4.75. The van der Waals surface area contributed by atoms with Gasteiger partial charge in [-0.05, 0) is 6.42 Å². The molecule has 2 rings (SSSR count). The molecule has 0 saturated carbocycles. The van der Waals surface area contributed by atoms with E-state index < -0.39 is 0 Å². The fraction of sp³-hybridized carbons (Fsp3) is 0.909. The SMILES string of the molecule is COC(=O)N1CCNC(CN2CC[C@H](O)C2)C1. The smallest absolute Gasteiger partial charge is 0.409 e. The zero-order valence-electron chi connectivity index (χ0n) is 10.3. The number of amides is 1. The summed E-state index contributed by atoms with van der Waals surface area (Å²) in [5.74, 6) is 0. The molecule has 6 nitrogen and oxygen atoms in total. The second-order valence-electron chi connectivity index (χ2n) is 4.77. The molecule has 0 aliphatic carbocycles. The number of carbonyl (C=O) groups excluding carboxylic acids is 1. The lowest BCUT2D eigenvalue weighted by Crippen LogP contribution is -2.56. The Hall–Kier alpha value is -0.850. The number of carbonyl (C=O) groups is 1. The molecule has 2 fully saturated rings. The Balaban J connectivity index is 1.79. The number of likely N-dealkylation sites (tertiary alicyclic amines) is 1. The Morgan fingerprint density at radius 1 is 1.47 bits per heavy atom. The van der Waals surface area contributed by atoms with Crippen LogP contribution in [0.15, 0.2) is 0 Å². The molecule has 6 heteroatoms. The van der Waals surface area contributed by atoms with Crippen molar-refractivity contribution >= 4 is 6.09 Å². The van der Waals surface area contributed by atoms with E-state index in [-0.39, 0.29) is 18.2 Å². The van der Waals surface area contributed by atoms with Gasteiger partial charge in [-0.2, -0.15) is 0 Å². The Bertz CT molecular complexity index is 275. The van der Waals surface area contributed by atoms with Gasteiger partial charge < -0.3 is 20.1 Å². The van der Waals surface area contributed by atoms with E-state index in [1.165, 1.54) is 7.11 Å². The topological polar surface area (TPSA) is 65.0 Å². The molecular weight excluding hydrogens is 222 g/mol. The molecule has 17 heavy (non-hydrogen) atoms. The van der Waals surface area contributed by atoms with Crippen LogP contribution in [-0.2, 0) is 4.74 Å². The molecular formula is C11H21N3O3. The van der Waals surface area contributed by atoms with Crippen LogP contribution in [0.3, 0.4) is 0 Å². The summed E-state index contributed by atoms with van der Waals surface area (Å²) in [5, 5.41) is 12.9. The van der Waals surface area contributed by atoms with Crippen LogP contribution in [0.25, 0.3) is 0 Å². The maximum atomic E-state index is 11.4. The molecule has 0 spiro atoms. The highest BCUT2D eigenvalue weighted by atomic mass is 16.5. The average molecular weight is 243 g/mol. The molecule has 2 atom stereocenters. The molecule has 1 unspecified atom stereocenters. The summed E-state index contributed by atoms with van der Waals surface area (Å²) >= 11 is 0. The van der Waals surface area contributed by atoms with Gasteiger partial charge in [-0.1, -0.05) is 0 Å². The van der Waals surface area contributed by atoms with Crippen molar-refractivity contribution in [3.63, 3.8) is 0 Å². The van der Waals surface area contributed by atoms with Gasteiger partial charge >= 0.3 is 6.09 Å². The van der Waals surface area contributed by atoms with Gasteiger partial charge in [0, 0.05) is 45.3 Å². The number of hydrogen-bond donors (Lipinski definition) is 2. The number of β-amino-alcohol motifs (C(OH)–C–C–N with tert-alkyl or cyclic N) is 1. The van der Waals surface area contributed by atoms with E-state index in [1.807, 2.05) is 0 Å². The predicted molar refractivity (Wildman–Crippen MR) is 62.8 cm³/mol. The van der Waals surface area contributed by atoms with Crippen LogP contribution in [0.2, 0.25) is 0 Å². The molecule has 0 aromatic rings. The number of methoxy groups -OCH3 is 1. The molecule has 0 radical (unpaired) electrons. The van der Waals surface area contributed by atoms with Crippen LogP contribution >= 0.6 is 0 Å². The minimum Gasteiger partial charge on any atom is -0.453 e. The van der Waals surface area contributed by atoms with E-state index in [1.54, 1.807) is 4.90 Å². The largest absolute Gasteiger partial charge is 0.453 e. The van der Waals surface area contributed by atoms with Crippen LogP contribution in [0, 0.1) is 0 Å². The van der Waals surface area contributed by atoms with E-state index in [0.717, 1.165) is 32.6 Å². The molecule has 2 heterocycles. The Kier molecular flexibility index (Phi) is 4.20. The van der Waals surface area contributed by atoms with Crippen molar-refractivity contribution in [2.75, 3.05) is 46.4 Å². The maximum absolute atomic E-state index is 11.4. The first kappa shape index (κ1) is 12.6. The number of nitrogens with one attached hydrogen (secondary N) is 1. The minimum absolute atomic E-state index is 0.185. The molecule has 0 aromatic heterocycles. The van der Waals surface area contributed by atoms with Gasteiger partial charge in [-0.3, -0.25) is 4.90 Å². The number of aliphatic hydroxyl groups is 1. The number of hydrogen-bond acceptors (Lipinski definition) is 5. The van der Waals surface area contributed by atoms with Crippen LogP contribution in [-0.4, -0.2) is 79.5 Å². The lowest BCUT2D eigenvalue weighted by Gasteiger charge is -2.34. The predicted octanol–water partition coefficient (Wildman–Crippen LogP) is -0.907. The second kappa shape index (κ2) is 5.66. The van der Waals surface area contributed by atoms with Crippen molar-refractivity contribution in [2.45, 2.75) is 18.6 Å². The monoisotopic (exact) mass is 243 g/mol. The summed E-state index contributed by atoms with van der Waals surface area (Å²) in [4.78, 5) is 15.4. The number of ether oxygens (including phenoxy) is 1. The summed E-state index contributed by atoms with van der Waals surface area (Å²) in [6.07, 6.45) is 0.418. The average Bonchev–Trinajstić information content (AvgIpc) is 2.74. The molecule has 0 aromatic carbocycles. The van der Waals surface area contributed by atoms with Crippen molar-refractivity contribution < 1.29 is 14.6 Å². The summed E-state index contributed by atoms with van der Waals surface area (Å²) < 4.78 is 4.73. The highest BCUT2D eigenvalue weighted by molar-refractivity contribution is 5.67. The van der Waals surface area contributed by atoms with Crippen molar-refractivity contribution in [2.24, 2.45) is 0 Å². The molecule has 2 saturated heterocycles. The lowest BCUT2D eigenvalue weighted by molar-refractivity contribution is 0.102. The fourth-order valence-corrected chi connectivity index (χ4v) is 2.53. The molecule has 2 aliphatic rings. The summed E-state index contributed by atoms with van der Waals surface area (Å²) in [5.41, 5.74) is 0. The van der Waals surface area contributed by atoms with Crippen LogP contribution < -0.4 is 5.32 Å². The minimum atomic E-state index is -0.252. The van der Waals surface area contributed by atoms with Crippen LogP contribution in [0.1, 0.15) is 6.42 Å². The normalized spacial score (nSPS) is 30.6. The first-order valence-electron chi connectivity index (χ1n) is 6.15. The molecule has 2 N–H and O–H groups in total. The number of piperazine rings is 1. The fourth-order valence-electron chi connectivity index (χ4n) is 2.53. The second-order valence-corrected chi connectivity index (χ2v) is 4.77. The third-order valence-corrected chi connectivity index (χ3v) is 3.41. The molecule has 2 aliphatic heterocycles. The highest BCUT2D eigenvalue weighted by Gasteiger charge is 2.27. The number of nitrogens with zero attached hydrogens (tertiary/aromatic N) is 2. The third-order valence-electron chi connectivity index (χ3n) is 3.41. The number of aliphatic hydroxyl groups excluding tert-OH is 1. The van der Waals surface area contributed by atoms with E-state index >= 15 is 0 Å². The van der Waals surface area contributed by atoms with Gasteiger partial charge in [-0.15, -0.1) is 0 Å². The zero-order chi connectivity index (χ0) is 12.3. The first-order valence-corrected chi connectivity index (χ1v) is 6.15. The Morgan fingerprint density at radius 2 is 2.29 bits per heavy atom. The summed E-state index contributed by atoms with van der Waals surface area (Å²) in [6, 6.07) is 0.271. The number of rotatable bonds is 2. The van der Waals surface area contributed by atoms with Gasteiger partial charge in [0.15, 0.2) is 0 Å². The zero-order valence-corrected chi connectivity index (χ0v) is 10.3. The van der Waals surface area contributed by atoms with E-state index in [9.17, 15) is 9.90 Å².